The van der Waals surface area contributed by atoms with E-state index in [1.54, 1.807) is 6.08 Å². The number of aliphatic hydroxyl groups excluding tert-OH is 2. The maximum Gasteiger partial charge on any atom is 0.0804 e. The molecule has 0 aromatic heterocycles. The lowest BCUT2D eigenvalue weighted by Crippen LogP contribution is -2.27. The van der Waals surface area contributed by atoms with E-state index in [4.69, 9.17) is 5.11 Å². The SMILES string of the molecule is C=CC[C@@H](C(C)C)[C@H](O)CO. The summed E-state index contributed by atoms with van der Waals surface area (Å²) in [6, 6.07) is 0. The Kier molecular flexibility index (Phi) is 5.16. The molecule has 0 heterocycles. The van der Waals surface area contributed by atoms with E-state index in [1.165, 1.54) is 0 Å². The fraction of sp³-hybridized carbons (Fsp3) is 0.778. The van der Waals surface area contributed by atoms with E-state index in [0.29, 0.717) is 5.92 Å². The highest BCUT2D eigenvalue weighted by atomic mass is 16.3. The van der Waals surface area contributed by atoms with Crippen LogP contribution in [0.1, 0.15) is 20.3 Å². The van der Waals surface area contributed by atoms with Crippen molar-refractivity contribution < 1.29 is 10.2 Å². The first-order valence-corrected chi connectivity index (χ1v) is 4.03. The minimum Gasteiger partial charge on any atom is -0.394 e. The van der Waals surface area contributed by atoms with Gasteiger partial charge in [-0.25, -0.2) is 0 Å². The predicted octanol–water partition coefficient (Wildman–Crippen LogP) is 1.19. The zero-order chi connectivity index (χ0) is 8.85. The fourth-order valence-corrected chi connectivity index (χ4v) is 1.20. The van der Waals surface area contributed by atoms with Crippen molar-refractivity contribution in [3.8, 4) is 0 Å². The molecule has 0 fully saturated rings. The molecule has 0 aliphatic rings. The van der Waals surface area contributed by atoms with Crippen molar-refractivity contribution in [3.63, 3.8) is 0 Å². The average Bonchev–Trinajstić information content (AvgIpc) is 1.98. The number of allylic oxidation sites excluding steroid dienone is 1. The number of aliphatic hydroxyl groups is 2. The third-order valence-corrected chi connectivity index (χ3v) is 1.98. The summed E-state index contributed by atoms with van der Waals surface area (Å²) in [6.07, 6.45) is 1.94. The third-order valence-electron chi connectivity index (χ3n) is 1.98. The van der Waals surface area contributed by atoms with Crippen molar-refractivity contribution >= 4 is 0 Å². The summed E-state index contributed by atoms with van der Waals surface area (Å²) in [5.41, 5.74) is 0. The maximum absolute atomic E-state index is 9.32. The van der Waals surface area contributed by atoms with Gasteiger partial charge in [-0.15, -0.1) is 6.58 Å². The quantitative estimate of drug-likeness (QED) is 0.590. The van der Waals surface area contributed by atoms with Gasteiger partial charge in [-0.05, 0) is 18.3 Å². The van der Waals surface area contributed by atoms with E-state index in [9.17, 15) is 5.11 Å². The lowest BCUT2D eigenvalue weighted by atomic mass is 9.88. The molecule has 2 N–H and O–H groups in total. The molecule has 0 radical (unpaired) electrons. The van der Waals surface area contributed by atoms with Crippen LogP contribution in [0.3, 0.4) is 0 Å². The molecule has 2 atom stereocenters. The van der Waals surface area contributed by atoms with Crippen LogP contribution >= 0.6 is 0 Å². The molecule has 0 bridgehead atoms. The van der Waals surface area contributed by atoms with E-state index >= 15 is 0 Å². The molecule has 0 aliphatic carbocycles. The van der Waals surface area contributed by atoms with Crippen LogP contribution in [0.5, 0.6) is 0 Å². The Labute approximate surface area is 68.6 Å². The summed E-state index contributed by atoms with van der Waals surface area (Å²) in [5, 5.41) is 18.0. The molecule has 66 valence electrons. The highest BCUT2D eigenvalue weighted by Gasteiger charge is 2.19. The first-order chi connectivity index (χ1) is 5.13. The Bertz CT molecular complexity index is 110. The summed E-state index contributed by atoms with van der Waals surface area (Å²) in [4.78, 5) is 0. The molecule has 0 aromatic rings. The second-order valence-electron chi connectivity index (χ2n) is 3.18. The van der Waals surface area contributed by atoms with Crippen molar-refractivity contribution in [3.05, 3.63) is 12.7 Å². The Morgan fingerprint density at radius 2 is 2.00 bits per heavy atom. The summed E-state index contributed by atoms with van der Waals surface area (Å²) in [5.74, 6) is 0.521. The van der Waals surface area contributed by atoms with Gasteiger partial charge in [0.1, 0.15) is 0 Å². The second kappa shape index (κ2) is 5.33. The minimum atomic E-state index is -0.604. The van der Waals surface area contributed by atoms with Gasteiger partial charge >= 0.3 is 0 Å². The molecule has 0 saturated heterocycles. The van der Waals surface area contributed by atoms with Gasteiger partial charge in [0, 0.05) is 0 Å². The van der Waals surface area contributed by atoms with Gasteiger partial charge in [0.15, 0.2) is 0 Å². The lowest BCUT2D eigenvalue weighted by Gasteiger charge is -2.23. The van der Waals surface area contributed by atoms with Crippen molar-refractivity contribution in [1.82, 2.24) is 0 Å². The van der Waals surface area contributed by atoms with E-state index in [2.05, 4.69) is 6.58 Å². The monoisotopic (exact) mass is 158 g/mol. The van der Waals surface area contributed by atoms with Gasteiger partial charge in [-0.2, -0.15) is 0 Å². The van der Waals surface area contributed by atoms with Crippen molar-refractivity contribution in [1.29, 1.82) is 0 Å². The van der Waals surface area contributed by atoms with Gasteiger partial charge in [0.25, 0.3) is 0 Å². The van der Waals surface area contributed by atoms with E-state index in [1.807, 2.05) is 13.8 Å². The third kappa shape index (κ3) is 3.54. The molecule has 0 spiro atoms. The molecular weight excluding hydrogens is 140 g/mol. The van der Waals surface area contributed by atoms with Gasteiger partial charge in [0.05, 0.1) is 12.7 Å². The fourth-order valence-electron chi connectivity index (χ4n) is 1.20. The smallest absolute Gasteiger partial charge is 0.0804 e. The summed E-state index contributed by atoms with van der Waals surface area (Å²) in [6.45, 7) is 7.52. The van der Waals surface area contributed by atoms with Crippen molar-refractivity contribution in [2.45, 2.75) is 26.4 Å². The van der Waals surface area contributed by atoms with E-state index in [0.717, 1.165) is 6.42 Å². The van der Waals surface area contributed by atoms with E-state index in [-0.39, 0.29) is 12.5 Å². The lowest BCUT2D eigenvalue weighted by molar-refractivity contribution is 0.0303. The highest BCUT2D eigenvalue weighted by Crippen LogP contribution is 2.19. The summed E-state index contributed by atoms with van der Waals surface area (Å²) >= 11 is 0. The van der Waals surface area contributed by atoms with Gasteiger partial charge in [-0.3, -0.25) is 0 Å². The Balaban J connectivity index is 3.96. The van der Waals surface area contributed by atoms with Crippen LogP contribution in [0.15, 0.2) is 12.7 Å². The van der Waals surface area contributed by atoms with Crippen LogP contribution in [0.2, 0.25) is 0 Å². The first kappa shape index (κ1) is 10.7. The van der Waals surface area contributed by atoms with Crippen LogP contribution in [0, 0.1) is 11.8 Å². The molecule has 2 heteroatoms. The van der Waals surface area contributed by atoms with Crippen molar-refractivity contribution in [2.24, 2.45) is 11.8 Å². The minimum absolute atomic E-state index is 0.137. The Morgan fingerprint density at radius 1 is 1.45 bits per heavy atom. The first-order valence-electron chi connectivity index (χ1n) is 4.03. The predicted molar refractivity (Wildman–Crippen MR) is 46.2 cm³/mol. The van der Waals surface area contributed by atoms with Crippen LogP contribution in [-0.2, 0) is 0 Å². The van der Waals surface area contributed by atoms with Crippen LogP contribution in [0.4, 0.5) is 0 Å². The summed E-state index contributed by atoms with van der Waals surface area (Å²) < 4.78 is 0. The number of hydrogen-bond acceptors (Lipinski definition) is 2. The molecule has 0 rings (SSSR count). The van der Waals surface area contributed by atoms with Crippen LogP contribution < -0.4 is 0 Å². The molecule has 0 aliphatic heterocycles. The largest absolute Gasteiger partial charge is 0.394 e. The molecular formula is C9H18O2. The highest BCUT2D eigenvalue weighted by molar-refractivity contribution is 4.79. The maximum atomic E-state index is 9.32. The summed E-state index contributed by atoms with van der Waals surface area (Å²) in [7, 11) is 0. The topological polar surface area (TPSA) is 40.5 Å². The molecule has 0 aromatic carbocycles. The standard InChI is InChI=1S/C9H18O2/c1-4-5-8(7(2)3)9(11)6-10/h4,7-11H,1,5-6H2,2-3H3/t8-,9+/m0/s1. The van der Waals surface area contributed by atoms with Gasteiger partial charge < -0.3 is 10.2 Å². The number of rotatable bonds is 5. The Morgan fingerprint density at radius 3 is 2.27 bits per heavy atom. The van der Waals surface area contributed by atoms with Crippen LogP contribution in [0.25, 0.3) is 0 Å². The van der Waals surface area contributed by atoms with Gasteiger partial charge in [0.2, 0.25) is 0 Å². The van der Waals surface area contributed by atoms with Crippen LogP contribution in [-0.4, -0.2) is 22.9 Å². The molecule has 0 saturated carbocycles. The van der Waals surface area contributed by atoms with Gasteiger partial charge in [-0.1, -0.05) is 19.9 Å². The molecule has 2 nitrogen and oxygen atoms in total. The second-order valence-corrected chi connectivity index (χ2v) is 3.18. The zero-order valence-electron chi connectivity index (χ0n) is 7.33. The van der Waals surface area contributed by atoms with E-state index < -0.39 is 6.10 Å². The molecule has 0 unspecified atom stereocenters. The Hall–Kier alpha value is -0.340. The molecule has 0 amide bonds. The molecule has 11 heavy (non-hydrogen) atoms. The normalized spacial score (nSPS) is 16.5. The number of hydrogen-bond donors (Lipinski definition) is 2. The zero-order valence-corrected chi connectivity index (χ0v) is 7.33. The average molecular weight is 158 g/mol. The van der Waals surface area contributed by atoms with Crippen molar-refractivity contribution in [2.75, 3.05) is 6.61 Å².